The Hall–Kier alpha value is -1.65. The van der Waals surface area contributed by atoms with Crippen molar-refractivity contribution in [1.82, 2.24) is 10.6 Å². The normalized spacial score (nSPS) is 21.1. The summed E-state index contributed by atoms with van der Waals surface area (Å²) in [6.07, 6.45) is 3.91. The fourth-order valence-electron chi connectivity index (χ4n) is 1.73. The van der Waals surface area contributed by atoms with Gasteiger partial charge in [0.2, 0.25) is 17.7 Å². The SMILES string of the molecule is CC/C=C(\CC)C(=O)NC1CCC(=O)NC1=O. The minimum Gasteiger partial charge on any atom is -0.341 e. The predicted octanol–water partition coefficient (Wildman–Crippen LogP) is 0.654. The van der Waals surface area contributed by atoms with E-state index in [-0.39, 0.29) is 18.2 Å². The van der Waals surface area contributed by atoms with Crippen LogP contribution in [0.15, 0.2) is 11.6 Å². The lowest BCUT2D eigenvalue weighted by atomic mass is 10.0. The Kier molecular flexibility index (Phi) is 4.87. The number of piperidine rings is 1. The number of hydrogen-bond acceptors (Lipinski definition) is 3. The molecule has 1 aliphatic rings. The Bertz CT molecular complexity index is 361. The molecule has 0 aromatic heterocycles. The lowest BCUT2D eigenvalue weighted by Gasteiger charge is -2.22. The van der Waals surface area contributed by atoms with Crippen molar-refractivity contribution in [1.29, 1.82) is 0 Å². The number of amides is 3. The maximum Gasteiger partial charge on any atom is 0.249 e. The molecule has 3 amide bonds. The largest absolute Gasteiger partial charge is 0.341 e. The van der Waals surface area contributed by atoms with E-state index in [0.29, 0.717) is 18.4 Å². The van der Waals surface area contributed by atoms with Crippen LogP contribution in [-0.2, 0) is 14.4 Å². The summed E-state index contributed by atoms with van der Waals surface area (Å²) in [4.78, 5) is 34.2. The van der Waals surface area contributed by atoms with E-state index >= 15 is 0 Å². The van der Waals surface area contributed by atoms with Crippen LogP contribution in [0.2, 0.25) is 0 Å². The minimum absolute atomic E-state index is 0.219. The zero-order chi connectivity index (χ0) is 12.8. The monoisotopic (exact) mass is 238 g/mol. The molecule has 1 atom stereocenters. The molecule has 0 aliphatic carbocycles. The average molecular weight is 238 g/mol. The van der Waals surface area contributed by atoms with Gasteiger partial charge in [-0.1, -0.05) is 19.9 Å². The second-order valence-corrected chi connectivity index (χ2v) is 3.97. The molecule has 1 unspecified atom stereocenters. The number of imide groups is 1. The summed E-state index contributed by atoms with van der Waals surface area (Å²) in [5, 5.41) is 4.87. The first-order valence-corrected chi connectivity index (χ1v) is 5.92. The maximum absolute atomic E-state index is 11.8. The van der Waals surface area contributed by atoms with Gasteiger partial charge in [0.1, 0.15) is 6.04 Å². The highest BCUT2D eigenvalue weighted by Crippen LogP contribution is 2.07. The van der Waals surface area contributed by atoms with Gasteiger partial charge in [0.05, 0.1) is 0 Å². The van der Waals surface area contributed by atoms with Gasteiger partial charge in [-0.15, -0.1) is 0 Å². The summed E-state index contributed by atoms with van der Waals surface area (Å²) in [5.41, 5.74) is 0.678. The quantitative estimate of drug-likeness (QED) is 0.558. The van der Waals surface area contributed by atoms with Crippen molar-refractivity contribution in [2.75, 3.05) is 0 Å². The van der Waals surface area contributed by atoms with E-state index in [9.17, 15) is 14.4 Å². The Balaban J connectivity index is 2.59. The van der Waals surface area contributed by atoms with Crippen LogP contribution in [0.3, 0.4) is 0 Å². The lowest BCUT2D eigenvalue weighted by Crippen LogP contribution is -2.52. The number of rotatable bonds is 4. The molecule has 94 valence electrons. The smallest absolute Gasteiger partial charge is 0.249 e. The maximum atomic E-state index is 11.8. The molecule has 2 N–H and O–H groups in total. The molecule has 0 saturated carbocycles. The fourth-order valence-corrected chi connectivity index (χ4v) is 1.73. The van der Waals surface area contributed by atoms with Crippen LogP contribution in [0.1, 0.15) is 39.5 Å². The molecule has 1 saturated heterocycles. The summed E-state index contributed by atoms with van der Waals surface area (Å²) >= 11 is 0. The van der Waals surface area contributed by atoms with Gasteiger partial charge in [-0.25, -0.2) is 0 Å². The predicted molar refractivity (Wildman–Crippen MR) is 63.0 cm³/mol. The molecular weight excluding hydrogens is 220 g/mol. The van der Waals surface area contributed by atoms with E-state index < -0.39 is 11.9 Å². The fraction of sp³-hybridized carbons (Fsp3) is 0.583. The molecule has 0 spiro atoms. The Morgan fingerprint density at radius 2 is 2.18 bits per heavy atom. The Morgan fingerprint density at radius 3 is 2.71 bits per heavy atom. The van der Waals surface area contributed by atoms with E-state index in [2.05, 4.69) is 10.6 Å². The molecule has 5 nitrogen and oxygen atoms in total. The first kappa shape index (κ1) is 13.4. The number of carbonyl (C=O) groups excluding carboxylic acids is 3. The van der Waals surface area contributed by atoms with Crippen molar-refractivity contribution in [2.45, 2.75) is 45.6 Å². The van der Waals surface area contributed by atoms with Crippen molar-refractivity contribution in [3.8, 4) is 0 Å². The minimum atomic E-state index is -0.591. The van der Waals surface area contributed by atoms with E-state index in [1.54, 1.807) is 0 Å². The molecule has 0 bridgehead atoms. The highest BCUT2D eigenvalue weighted by atomic mass is 16.2. The van der Waals surface area contributed by atoms with Crippen LogP contribution in [0.5, 0.6) is 0 Å². The Labute approximate surface area is 101 Å². The molecule has 5 heteroatoms. The topological polar surface area (TPSA) is 75.3 Å². The van der Waals surface area contributed by atoms with E-state index in [1.807, 2.05) is 19.9 Å². The van der Waals surface area contributed by atoms with E-state index in [1.165, 1.54) is 0 Å². The van der Waals surface area contributed by atoms with Gasteiger partial charge in [-0.2, -0.15) is 0 Å². The first-order chi connectivity index (χ1) is 8.08. The number of allylic oxidation sites excluding steroid dienone is 1. The van der Waals surface area contributed by atoms with E-state index in [4.69, 9.17) is 0 Å². The second kappa shape index (κ2) is 6.18. The Morgan fingerprint density at radius 1 is 1.47 bits per heavy atom. The molecular formula is C12H18N2O3. The molecule has 0 aromatic carbocycles. The van der Waals surface area contributed by atoms with Gasteiger partial charge >= 0.3 is 0 Å². The van der Waals surface area contributed by atoms with Gasteiger partial charge in [-0.3, -0.25) is 19.7 Å². The highest BCUT2D eigenvalue weighted by molar-refractivity contribution is 6.03. The van der Waals surface area contributed by atoms with Crippen LogP contribution in [-0.4, -0.2) is 23.8 Å². The van der Waals surface area contributed by atoms with Gasteiger partial charge in [0.15, 0.2) is 0 Å². The summed E-state index contributed by atoms with van der Waals surface area (Å²) < 4.78 is 0. The second-order valence-electron chi connectivity index (χ2n) is 3.97. The summed E-state index contributed by atoms with van der Waals surface area (Å²) in [6.45, 7) is 3.85. The van der Waals surface area contributed by atoms with Crippen molar-refractivity contribution < 1.29 is 14.4 Å². The van der Waals surface area contributed by atoms with Crippen molar-refractivity contribution in [3.63, 3.8) is 0 Å². The van der Waals surface area contributed by atoms with Crippen LogP contribution >= 0.6 is 0 Å². The zero-order valence-electron chi connectivity index (χ0n) is 10.2. The molecule has 17 heavy (non-hydrogen) atoms. The van der Waals surface area contributed by atoms with E-state index in [0.717, 1.165) is 6.42 Å². The summed E-state index contributed by atoms with van der Waals surface area (Å²) in [7, 11) is 0. The number of hydrogen-bond donors (Lipinski definition) is 2. The van der Waals surface area contributed by atoms with Crippen molar-refractivity contribution in [3.05, 3.63) is 11.6 Å². The summed E-state index contributed by atoms with van der Waals surface area (Å²) in [5.74, 6) is -0.911. The van der Waals surface area contributed by atoms with Crippen LogP contribution in [0, 0.1) is 0 Å². The van der Waals surface area contributed by atoms with Crippen LogP contribution in [0.25, 0.3) is 0 Å². The standard InChI is InChI=1S/C12H18N2O3/c1-3-5-8(4-2)11(16)13-9-6-7-10(15)14-12(9)17/h5,9H,3-4,6-7H2,1-2H3,(H,13,16)(H,14,15,17)/b8-5+. The molecule has 0 radical (unpaired) electrons. The third-order valence-corrected chi connectivity index (χ3v) is 2.67. The molecule has 1 fully saturated rings. The van der Waals surface area contributed by atoms with Crippen molar-refractivity contribution in [2.24, 2.45) is 0 Å². The van der Waals surface area contributed by atoms with Gasteiger partial charge in [0, 0.05) is 12.0 Å². The average Bonchev–Trinajstić information content (AvgIpc) is 2.29. The highest BCUT2D eigenvalue weighted by Gasteiger charge is 2.28. The molecule has 1 rings (SSSR count). The lowest BCUT2D eigenvalue weighted by molar-refractivity contribution is -0.136. The third kappa shape index (κ3) is 3.69. The van der Waals surface area contributed by atoms with Gasteiger partial charge < -0.3 is 5.32 Å². The van der Waals surface area contributed by atoms with Crippen LogP contribution < -0.4 is 10.6 Å². The molecule has 0 aromatic rings. The molecule has 1 heterocycles. The van der Waals surface area contributed by atoms with Gasteiger partial charge in [-0.05, 0) is 19.3 Å². The van der Waals surface area contributed by atoms with Crippen molar-refractivity contribution >= 4 is 17.7 Å². The zero-order valence-corrected chi connectivity index (χ0v) is 10.2. The van der Waals surface area contributed by atoms with Crippen LogP contribution in [0.4, 0.5) is 0 Å². The number of nitrogens with one attached hydrogen (secondary N) is 2. The van der Waals surface area contributed by atoms with Gasteiger partial charge in [0.25, 0.3) is 0 Å². The third-order valence-electron chi connectivity index (χ3n) is 2.67. The molecule has 1 aliphatic heterocycles. The summed E-state index contributed by atoms with van der Waals surface area (Å²) in [6, 6.07) is -0.591. The first-order valence-electron chi connectivity index (χ1n) is 5.92. The number of carbonyl (C=O) groups is 3.